The van der Waals surface area contributed by atoms with Gasteiger partial charge in [-0.05, 0) is 39.8 Å². The fourth-order valence-corrected chi connectivity index (χ4v) is 2.49. The Labute approximate surface area is 158 Å². The van der Waals surface area contributed by atoms with Crippen LogP contribution >= 0.6 is 24.0 Å². The molecule has 1 heterocycles. The Bertz CT molecular complexity index is 426. The monoisotopic (exact) mass is 433 g/mol. The van der Waals surface area contributed by atoms with Gasteiger partial charge in [-0.1, -0.05) is 6.07 Å². The zero-order valence-corrected chi connectivity index (χ0v) is 17.4. The third-order valence-electron chi connectivity index (χ3n) is 3.61. The molecule has 0 aliphatic heterocycles. The van der Waals surface area contributed by atoms with Gasteiger partial charge in [0.25, 0.3) is 0 Å². The second kappa shape index (κ2) is 12.5. The summed E-state index contributed by atoms with van der Waals surface area (Å²) < 4.78 is 0. The van der Waals surface area contributed by atoms with Crippen molar-refractivity contribution in [1.29, 1.82) is 0 Å². The van der Waals surface area contributed by atoms with Crippen molar-refractivity contribution in [3.63, 3.8) is 0 Å². The molecule has 0 radical (unpaired) electrons. The summed E-state index contributed by atoms with van der Waals surface area (Å²) in [5, 5.41) is 6.70. The van der Waals surface area contributed by atoms with E-state index < -0.39 is 0 Å². The molecule has 0 atom stereocenters. The van der Waals surface area contributed by atoms with E-state index >= 15 is 0 Å². The molecule has 1 aromatic heterocycles. The lowest BCUT2D eigenvalue weighted by molar-refractivity contribution is 0.178. The van der Waals surface area contributed by atoms with Gasteiger partial charge in [0.15, 0.2) is 5.96 Å². The van der Waals surface area contributed by atoms with Gasteiger partial charge in [-0.15, -0.1) is 24.0 Å². The van der Waals surface area contributed by atoms with E-state index in [2.05, 4.69) is 53.2 Å². The first kappa shape index (κ1) is 22.1. The normalized spacial score (nSPS) is 11.7. The van der Waals surface area contributed by atoms with Crippen LogP contribution in [0.3, 0.4) is 0 Å². The number of hydrogen-bond acceptors (Lipinski definition) is 3. The minimum absolute atomic E-state index is 0. The Hall–Kier alpha value is -0.890. The summed E-state index contributed by atoms with van der Waals surface area (Å²) in [6.07, 6.45) is 2.72. The summed E-state index contributed by atoms with van der Waals surface area (Å²) in [5.74, 6) is 0.850. The van der Waals surface area contributed by atoms with E-state index in [-0.39, 0.29) is 24.0 Å². The van der Waals surface area contributed by atoms with Gasteiger partial charge >= 0.3 is 0 Å². The zero-order valence-electron chi connectivity index (χ0n) is 15.0. The highest BCUT2D eigenvalue weighted by Gasteiger charge is 2.12. The molecular weight excluding hydrogens is 401 g/mol. The van der Waals surface area contributed by atoms with Crippen molar-refractivity contribution in [1.82, 2.24) is 20.5 Å². The molecule has 23 heavy (non-hydrogen) atoms. The van der Waals surface area contributed by atoms with Crippen molar-refractivity contribution in [2.45, 2.75) is 46.2 Å². The van der Waals surface area contributed by atoms with Crippen LogP contribution in [0.25, 0.3) is 0 Å². The molecule has 0 saturated heterocycles. The van der Waals surface area contributed by atoms with Gasteiger partial charge in [-0.2, -0.15) is 0 Å². The van der Waals surface area contributed by atoms with Crippen LogP contribution in [0.1, 0.15) is 33.4 Å². The molecule has 132 valence electrons. The van der Waals surface area contributed by atoms with Crippen LogP contribution in [0.5, 0.6) is 0 Å². The van der Waals surface area contributed by atoms with Crippen molar-refractivity contribution in [3.8, 4) is 0 Å². The second-order valence-corrected chi connectivity index (χ2v) is 5.92. The Morgan fingerprint density at radius 2 is 1.78 bits per heavy atom. The van der Waals surface area contributed by atoms with Crippen LogP contribution in [0.4, 0.5) is 0 Å². The number of nitrogens with one attached hydrogen (secondary N) is 2. The Morgan fingerprint density at radius 1 is 1.13 bits per heavy atom. The number of guanidine groups is 1. The first-order valence-corrected chi connectivity index (χ1v) is 8.14. The van der Waals surface area contributed by atoms with Crippen LogP contribution in [0.15, 0.2) is 29.4 Å². The maximum Gasteiger partial charge on any atom is 0.191 e. The summed E-state index contributed by atoms with van der Waals surface area (Å²) in [4.78, 5) is 11.0. The molecule has 0 bridgehead atoms. The van der Waals surface area contributed by atoms with E-state index in [1.54, 1.807) is 7.05 Å². The summed E-state index contributed by atoms with van der Waals surface area (Å²) in [6.45, 7) is 11.7. The Kier molecular flexibility index (Phi) is 12.0. The van der Waals surface area contributed by atoms with Crippen molar-refractivity contribution in [3.05, 3.63) is 30.1 Å². The number of halogens is 1. The third-order valence-corrected chi connectivity index (χ3v) is 3.61. The van der Waals surface area contributed by atoms with Gasteiger partial charge in [-0.3, -0.25) is 14.9 Å². The van der Waals surface area contributed by atoms with Crippen molar-refractivity contribution in [2.75, 3.05) is 26.7 Å². The lowest BCUT2D eigenvalue weighted by atomic mass is 10.2. The first-order valence-electron chi connectivity index (χ1n) is 8.14. The standard InChI is InChI=1S/C17H31N5.HI/c1-14(2)22(15(3)4)13-12-21-17(18-5)20-11-9-16-8-6-7-10-19-16;/h6-8,10,14-15H,9,11-13H2,1-5H3,(H2,18,20,21);1H. The van der Waals surface area contributed by atoms with Crippen molar-refractivity contribution < 1.29 is 0 Å². The third kappa shape index (κ3) is 9.10. The number of aromatic nitrogens is 1. The lowest BCUT2D eigenvalue weighted by Crippen LogP contribution is -2.45. The summed E-state index contributed by atoms with van der Waals surface area (Å²) >= 11 is 0. The van der Waals surface area contributed by atoms with Gasteiger partial charge in [0.2, 0.25) is 0 Å². The highest BCUT2D eigenvalue weighted by molar-refractivity contribution is 14.0. The second-order valence-electron chi connectivity index (χ2n) is 5.92. The van der Waals surface area contributed by atoms with Crippen LogP contribution in [-0.4, -0.2) is 54.6 Å². The molecule has 0 unspecified atom stereocenters. The number of aliphatic imine (C=N–C) groups is 1. The van der Waals surface area contributed by atoms with Gasteiger partial charge in [0.05, 0.1) is 0 Å². The smallest absolute Gasteiger partial charge is 0.191 e. The number of rotatable bonds is 8. The number of pyridine rings is 1. The van der Waals surface area contributed by atoms with E-state index in [0.29, 0.717) is 12.1 Å². The molecule has 0 aliphatic rings. The number of nitrogens with zero attached hydrogens (tertiary/aromatic N) is 3. The van der Waals surface area contributed by atoms with Gasteiger partial charge in [0, 0.05) is 57.1 Å². The average molecular weight is 433 g/mol. The molecule has 1 rings (SSSR count). The molecule has 2 N–H and O–H groups in total. The Balaban J connectivity index is 0.00000484. The van der Waals surface area contributed by atoms with Crippen LogP contribution in [-0.2, 0) is 6.42 Å². The van der Waals surface area contributed by atoms with Gasteiger partial charge in [0.1, 0.15) is 0 Å². The zero-order chi connectivity index (χ0) is 16.4. The molecule has 0 aliphatic carbocycles. The van der Waals surface area contributed by atoms with Crippen LogP contribution in [0.2, 0.25) is 0 Å². The maximum absolute atomic E-state index is 4.32. The van der Waals surface area contributed by atoms with Crippen LogP contribution < -0.4 is 10.6 Å². The highest BCUT2D eigenvalue weighted by Crippen LogP contribution is 2.03. The molecule has 0 fully saturated rings. The van der Waals surface area contributed by atoms with E-state index in [1.165, 1.54) is 0 Å². The highest BCUT2D eigenvalue weighted by atomic mass is 127. The topological polar surface area (TPSA) is 52.6 Å². The van der Waals surface area contributed by atoms with E-state index in [0.717, 1.165) is 37.7 Å². The molecule has 1 aromatic rings. The van der Waals surface area contributed by atoms with Gasteiger partial charge in [-0.25, -0.2) is 0 Å². The van der Waals surface area contributed by atoms with Crippen LogP contribution in [0, 0.1) is 0 Å². The quantitative estimate of drug-likeness (QED) is 0.376. The first-order chi connectivity index (χ1) is 10.5. The minimum Gasteiger partial charge on any atom is -0.356 e. The molecule has 0 spiro atoms. The van der Waals surface area contributed by atoms with E-state index in [9.17, 15) is 0 Å². The summed E-state index contributed by atoms with van der Waals surface area (Å²) in [5.41, 5.74) is 1.09. The lowest BCUT2D eigenvalue weighted by Gasteiger charge is -2.30. The largest absolute Gasteiger partial charge is 0.356 e. The number of hydrogen-bond donors (Lipinski definition) is 2. The molecule has 0 amide bonds. The van der Waals surface area contributed by atoms with E-state index in [4.69, 9.17) is 0 Å². The Morgan fingerprint density at radius 3 is 2.30 bits per heavy atom. The fraction of sp³-hybridized carbons (Fsp3) is 0.647. The van der Waals surface area contributed by atoms with E-state index in [1.807, 2.05) is 24.4 Å². The molecule has 5 nitrogen and oxygen atoms in total. The predicted octanol–water partition coefficient (Wildman–Crippen LogP) is 2.53. The van der Waals surface area contributed by atoms with Crippen molar-refractivity contribution >= 4 is 29.9 Å². The summed E-state index contributed by atoms with van der Waals surface area (Å²) in [6, 6.07) is 7.11. The molecule has 0 aromatic carbocycles. The fourth-order valence-electron chi connectivity index (χ4n) is 2.49. The SMILES string of the molecule is CN=C(NCCc1ccccn1)NCCN(C(C)C)C(C)C.I. The summed E-state index contributed by atoms with van der Waals surface area (Å²) in [7, 11) is 1.80. The molecule has 6 heteroatoms. The molecular formula is C17H32IN5. The van der Waals surface area contributed by atoms with Crippen molar-refractivity contribution in [2.24, 2.45) is 4.99 Å². The minimum atomic E-state index is 0. The maximum atomic E-state index is 4.32. The predicted molar refractivity (Wildman–Crippen MR) is 110 cm³/mol. The average Bonchev–Trinajstić information content (AvgIpc) is 2.49. The molecule has 0 saturated carbocycles. The van der Waals surface area contributed by atoms with Gasteiger partial charge < -0.3 is 10.6 Å².